The summed E-state index contributed by atoms with van der Waals surface area (Å²) in [6, 6.07) is 2.57. The molecule has 0 bridgehead atoms. The summed E-state index contributed by atoms with van der Waals surface area (Å²) in [4.78, 5) is 11.2. The van der Waals surface area contributed by atoms with Crippen molar-refractivity contribution in [1.29, 1.82) is 0 Å². The smallest absolute Gasteiger partial charge is 0.416 e. The highest BCUT2D eigenvalue weighted by atomic mass is 19.4. The highest BCUT2D eigenvalue weighted by Gasteiger charge is 2.31. The Balaban J connectivity index is 3.27. The minimum atomic E-state index is -4.52. The summed E-state index contributed by atoms with van der Waals surface area (Å²) in [5.41, 5.74) is 0.546. The number of amides is 1. The predicted molar refractivity (Wildman–Crippen MR) is 49.6 cm³/mol. The second kappa shape index (κ2) is 4.40. The van der Waals surface area contributed by atoms with Crippen molar-refractivity contribution in [2.75, 3.05) is 7.11 Å². The van der Waals surface area contributed by atoms with Gasteiger partial charge in [-0.2, -0.15) is 13.2 Å². The minimum absolute atomic E-state index is 0.0240. The number of methoxy groups -OCH3 is 1. The Hall–Kier alpha value is -1.76. The van der Waals surface area contributed by atoms with Gasteiger partial charge in [-0.1, -0.05) is 0 Å². The molecule has 1 rings (SSSR count). The van der Waals surface area contributed by atoms with Gasteiger partial charge < -0.3 is 4.74 Å². The van der Waals surface area contributed by atoms with Crippen LogP contribution in [0.2, 0.25) is 0 Å². The highest BCUT2D eigenvalue weighted by Crippen LogP contribution is 2.32. The van der Waals surface area contributed by atoms with E-state index in [4.69, 9.17) is 10.6 Å². The van der Waals surface area contributed by atoms with Crippen LogP contribution in [0.4, 0.5) is 13.2 Å². The second-order valence-corrected chi connectivity index (χ2v) is 2.89. The van der Waals surface area contributed by atoms with Crippen LogP contribution in [0.1, 0.15) is 15.9 Å². The van der Waals surface area contributed by atoms with E-state index in [0.717, 1.165) is 12.1 Å². The first kappa shape index (κ1) is 12.3. The molecule has 3 N–H and O–H groups in total. The third-order valence-corrected chi connectivity index (χ3v) is 1.90. The Kier molecular flexibility index (Phi) is 3.38. The maximum Gasteiger partial charge on any atom is 0.416 e. The Morgan fingerprint density at radius 1 is 1.44 bits per heavy atom. The number of hydrazine groups is 1. The van der Waals surface area contributed by atoms with E-state index in [2.05, 4.69) is 0 Å². The van der Waals surface area contributed by atoms with Crippen LogP contribution >= 0.6 is 0 Å². The van der Waals surface area contributed by atoms with Crippen LogP contribution in [0.15, 0.2) is 18.2 Å². The molecule has 0 unspecified atom stereocenters. The number of halogens is 3. The molecule has 0 spiro atoms. The van der Waals surface area contributed by atoms with E-state index < -0.39 is 17.6 Å². The summed E-state index contributed by atoms with van der Waals surface area (Å²) >= 11 is 0. The molecule has 1 aromatic rings. The van der Waals surface area contributed by atoms with Crippen LogP contribution in [-0.4, -0.2) is 13.0 Å². The molecular formula is C9H9F3N2O2. The van der Waals surface area contributed by atoms with Gasteiger partial charge in [-0.05, 0) is 18.2 Å². The van der Waals surface area contributed by atoms with Crippen molar-refractivity contribution in [3.05, 3.63) is 29.3 Å². The van der Waals surface area contributed by atoms with Gasteiger partial charge in [-0.15, -0.1) is 0 Å². The third-order valence-electron chi connectivity index (χ3n) is 1.90. The fraction of sp³-hybridized carbons (Fsp3) is 0.222. The first-order valence-corrected chi connectivity index (χ1v) is 4.16. The Morgan fingerprint density at radius 2 is 2.06 bits per heavy atom. The maximum atomic E-state index is 12.4. The summed E-state index contributed by atoms with van der Waals surface area (Å²) in [5, 5.41) is 0. The molecule has 1 aromatic carbocycles. The van der Waals surface area contributed by atoms with Crippen molar-refractivity contribution in [3.63, 3.8) is 0 Å². The molecule has 4 nitrogen and oxygen atoms in total. The average Bonchev–Trinajstić information content (AvgIpc) is 2.25. The molecule has 0 atom stereocenters. The van der Waals surface area contributed by atoms with E-state index in [1.807, 2.05) is 0 Å². The monoisotopic (exact) mass is 234 g/mol. The van der Waals surface area contributed by atoms with Crippen molar-refractivity contribution in [1.82, 2.24) is 5.43 Å². The number of nitrogen functional groups attached to an aromatic ring is 1. The largest absolute Gasteiger partial charge is 0.496 e. The zero-order valence-corrected chi connectivity index (χ0v) is 8.26. The molecule has 0 fully saturated rings. The molecule has 0 aromatic heterocycles. The van der Waals surface area contributed by atoms with E-state index in [9.17, 15) is 18.0 Å². The average molecular weight is 234 g/mol. The maximum absolute atomic E-state index is 12.4. The van der Waals surface area contributed by atoms with Gasteiger partial charge in [0.05, 0.1) is 18.2 Å². The molecule has 0 saturated heterocycles. The normalized spacial score (nSPS) is 11.1. The van der Waals surface area contributed by atoms with Crippen LogP contribution in [-0.2, 0) is 6.18 Å². The van der Waals surface area contributed by atoms with Gasteiger partial charge in [0.2, 0.25) is 0 Å². The van der Waals surface area contributed by atoms with Crippen LogP contribution in [0.5, 0.6) is 5.75 Å². The lowest BCUT2D eigenvalue weighted by molar-refractivity contribution is -0.137. The number of hydrogen-bond donors (Lipinski definition) is 2. The van der Waals surface area contributed by atoms with E-state index in [-0.39, 0.29) is 11.3 Å². The van der Waals surface area contributed by atoms with Crippen molar-refractivity contribution in [2.45, 2.75) is 6.18 Å². The summed E-state index contributed by atoms with van der Waals surface area (Å²) in [7, 11) is 1.25. The molecule has 0 aliphatic rings. The third kappa shape index (κ3) is 2.43. The number of rotatable bonds is 2. The fourth-order valence-electron chi connectivity index (χ4n) is 1.14. The summed E-state index contributed by atoms with van der Waals surface area (Å²) < 4.78 is 41.9. The molecule has 16 heavy (non-hydrogen) atoms. The van der Waals surface area contributed by atoms with Crippen LogP contribution in [0.25, 0.3) is 0 Å². The number of ether oxygens (including phenoxy) is 1. The van der Waals surface area contributed by atoms with Gasteiger partial charge in [-0.25, -0.2) is 5.84 Å². The topological polar surface area (TPSA) is 64.3 Å². The molecule has 0 aliphatic carbocycles. The van der Waals surface area contributed by atoms with Gasteiger partial charge in [0, 0.05) is 0 Å². The van der Waals surface area contributed by atoms with Gasteiger partial charge in [-0.3, -0.25) is 10.2 Å². The zero-order chi connectivity index (χ0) is 12.3. The van der Waals surface area contributed by atoms with E-state index in [1.54, 1.807) is 5.43 Å². The molecule has 0 radical (unpaired) electrons. The van der Waals surface area contributed by atoms with Gasteiger partial charge in [0.15, 0.2) is 0 Å². The second-order valence-electron chi connectivity index (χ2n) is 2.89. The van der Waals surface area contributed by atoms with Crippen molar-refractivity contribution >= 4 is 5.91 Å². The molecule has 0 aliphatic heterocycles. The van der Waals surface area contributed by atoms with Crippen LogP contribution < -0.4 is 16.0 Å². The Labute approximate surface area is 89.2 Å². The number of hydrogen-bond acceptors (Lipinski definition) is 3. The predicted octanol–water partition coefficient (Wildman–Crippen LogP) is 1.32. The number of nitrogens with one attached hydrogen (secondary N) is 1. The lowest BCUT2D eigenvalue weighted by atomic mass is 10.1. The number of nitrogens with two attached hydrogens (primary N) is 1. The summed E-state index contributed by atoms with van der Waals surface area (Å²) in [6.07, 6.45) is -4.52. The van der Waals surface area contributed by atoms with E-state index >= 15 is 0 Å². The number of alkyl halides is 3. The molecular weight excluding hydrogens is 225 g/mol. The molecule has 1 amide bonds. The zero-order valence-electron chi connectivity index (χ0n) is 8.26. The molecule has 0 saturated carbocycles. The summed E-state index contributed by atoms with van der Waals surface area (Å²) in [6.45, 7) is 0. The van der Waals surface area contributed by atoms with Gasteiger partial charge in [0.1, 0.15) is 5.75 Å². The van der Waals surface area contributed by atoms with Crippen LogP contribution in [0.3, 0.4) is 0 Å². The number of benzene rings is 1. The van der Waals surface area contributed by atoms with Crippen molar-refractivity contribution in [2.24, 2.45) is 5.84 Å². The molecule has 88 valence electrons. The highest BCUT2D eigenvalue weighted by molar-refractivity contribution is 5.96. The Bertz CT molecular complexity index is 404. The number of carbonyl (C=O) groups excluding carboxylic acids is 1. The quantitative estimate of drug-likeness (QED) is 0.460. The minimum Gasteiger partial charge on any atom is -0.496 e. The van der Waals surface area contributed by atoms with Gasteiger partial charge >= 0.3 is 6.18 Å². The molecule has 7 heteroatoms. The first-order chi connectivity index (χ1) is 7.40. The van der Waals surface area contributed by atoms with Crippen molar-refractivity contribution < 1.29 is 22.7 Å². The van der Waals surface area contributed by atoms with E-state index in [0.29, 0.717) is 6.07 Å². The SMILES string of the molecule is COc1ccc(C(F)(F)F)cc1C(=O)NN. The lowest BCUT2D eigenvalue weighted by Crippen LogP contribution is -2.30. The van der Waals surface area contributed by atoms with Crippen LogP contribution in [0, 0.1) is 0 Å². The fourth-order valence-corrected chi connectivity index (χ4v) is 1.14. The van der Waals surface area contributed by atoms with E-state index in [1.165, 1.54) is 7.11 Å². The number of carbonyl (C=O) groups is 1. The molecule has 0 heterocycles. The van der Waals surface area contributed by atoms with Crippen molar-refractivity contribution in [3.8, 4) is 5.75 Å². The Morgan fingerprint density at radius 3 is 2.50 bits per heavy atom. The summed E-state index contributed by atoms with van der Waals surface area (Å²) in [5.74, 6) is 4.03. The van der Waals surface area contributed by atoms with Gasteiger partial charge in [0.25, 0.3) is 5.91 Å². The first-order valence-electron chi connectivity index (χ1n) is 4.16. The lowest BCUT2D eigenvalue weighted by Gasteiger charge is -2.11. The standard InChI is InChI=1S/C9H9F3N2O2/c1-16-7-3-2-5(9(10,11)12)4-6(7)8(15)14-13/h2-4H,13H2,1H3,(H,14,15).